The highest BCUT2D eigenvalue weighted by Gasteiger charge is 2.32. The van der Waals surface area contributed by atoms with Crippen LogP contribution < -0.4 is 0 Å². The van der Waals surface area contributed by atoms with Crippen molar-refractivity contribution in [2.24, 2.45) is 0 Å². The van der Waals surface area contributed by atoms with E-state index in [9.17, 15) is 4.57 Å². The summed E-state index contributed by atoms with van der Waals surface area (Å²) in [4.78, 5) is 0. The molecule has 0 aliphatic carbocycles. The summed E-state index contributed by atoms with van der Waals surface area (Å²) in [5.41, 5.74) is -1.13. The maximum Gasteiger partial charge on any atom is 0.425 e. The lowest BCUT2D eigenvalue weighted by Gasteiger charge is -2.27. The third kappa shape index (κ3) is 8.76. The molecule has 0 aromatic rings. The molecule has 0 saturated carbocycles. The summed E-state index contributed by atoms with van der Waals surface area (Å²) in [6.07, 6.45) is 0. The average Bonchev–Trinajstić information content (AvgIpc) is 1.43. The van der Waals surface area contributed by atoms with Crippen LogP contribution in [0.25, 0.3) is 0 Å². The standard InChI is InChI=1S/C8H18ClO3P/c1-7(2,3)11-13(9,10)12-8(4,5)6/h1-6H3. The van der Waals surface area contributed by atoms with Crippen LogP contribution in [0.3, 0.4) is 0 Å². The molecular formula is C8H18ClO3P. The number of halogens is 1. The van der Waals surface area contributed by atoms with Crippen LogP contribution in [0.5, 0.6) is 0 Å². The maximum absolute atomic E-state index is 11.6. The molecule has 0 heterocycles. The Labute approximate surface area is 85.1 Å². The second kappa shape index (κ2) is 3.90. The Morgan fingerprint density at radius 2 is 1.15 bits per heavy atom. The van der Waals surface area contributed by atoms with Crippen LogP contribution in [0.1, 0.15) is 41.5 Å². The number of hydrogen-bond acceptors (Lipinski definition) is 3. The van der Waals surface area contributed by atoms with Gasteiger partial charge < -0.3 is 0 Å². The van der Waals surface area contributed by atoms with E-state index < -0.39 is 18.2 Å². The van der Waals surface area contributed by atoms with E-state index in [-0.39, 0.29) is 0 Å². The molecular weight excluding hydrogens is 211 g/mol. The molecule has 0 atom stereocenters. The first-order valence-electron chi connectivity index (χ1n) is 4.13. The third-order valence-corrected chi connectivity index (χ3v) is 2.71. The van der Waals surface area contributed by atoms with Gasteiger partial charge in [-0.3, -0.25) is 9.05 Å². The molecule has 0 radical (unpaired) electrons. The van der Waals surface area contributed by atoms with E-state index in [1.165, 1.54) is 0 Å². The van der Waals surface area contributed by atoms with Gasteiger partial charge in [0.05, 0.1) is 11.2 Å². The first-order chi connectivity index (χ1) is 5.41. The largest absolute Gasteiger partial charge is 0.425 e. The zero-order valence-electron chi connectivity index (χ0n) is 9.05. The van der Waals surface area contributed by atoms with Gasteiger partial charge in [0.2, 0.25) is 0 Å². The highest BCUT2D eigenvalue weighted by molar-refractivity contribution is 7.81. The Kier molecular flexibility index (Phi) is 4.03. The zero-order valence-corrected chi connectivity index (χ0v) is 10.7. The van der Waals surface area contributed by atoms with Gasteiger partial charge in [-0.15, -0.1) is 0 Å². The second-order valence-electron chi connectivity index (χ2n) is 4.84. The Bertz CT molecular complexity index is 194. The van der Waals surface area contributed by atoms with E-state index in [0.29, 0.717) is 0 Å². The molecule has 0 aromatic carbocycles. The molecule has 5 heteroatoms. The zero-order chi connectivity index (χ0) is 10.9. The van der Waals surface area contributed by atoms with E-state index in [4.69, 9.17) is 20.3 Å². The quantitative estimate of drug-likeness (QED) is 0.671. The molecule has 0 unspecified atom stereocenters. The Morgan fingerprint density at radius 1 is 0.923 bits per heavy atom. The van der Waals surface area contributed by atoms with E-state index in [0.717, 1.165) is 0 Å². The lowest BCUT2D eigenvalue weighted by atomic mass is 10.2. The monoisotopic (exact) mass is 228 g/mol. The van der Waals surface area contributed by atoms with E-state index in [1.807, 2.05) is 0 Å². The normalized spacial score (nSPS) is 14.7. The lowest BCUT2D eigenvalue weighted by Crippen LogP contribution is -2.22. The van der Waals surface area contributed by atoms with Crippen molar-refractivity contribution in [3.05, 3.63) is 0 Å². The van der Waals surface area contributed by atoms with Gasteiger partial charge in [-0.05, 0) is 41.5 Å². The Hall–Kier alpha value is 0.440. The van der Waals surface area contributed by atoms with Crippen LogP contribution in [0, 0.1) is 0 Å². The Balaban J connectivity index is 4.35. The van der Waals surface area contributed by atoms with Crippen LogP contribution >= 0.6 is 18.2 Å². The first kappa shape index (κ1) is 13.4. The van der Waals surface area contributed by atoms with Crippen LogP contribution in [0.15, 0.2) is 0 Å². The molecule has 0 aliphatic heterocycles. The van der Waals surface area contributed by atoms with Crippen LogP contribution in [0.4, 0.5) is 0 Å². The van der Waals surface area contributed by atoms with Gasteiger partial charge in [-0.1, -0.05) is 0 Å². The minimum Gasteiger partial charge on any atom is -0.291 e. The van der Waals surface area contributed by atoms with Gasteiger partial charge >= 0.3 is 6.95 Å². The molecule has 0 fully saturated rings. The van der Waals surface area contributed by atoms with Crippen molar-refractivity contribution >= 4 is 18.2 Å². The van der Waals surface area contributed by atoms with Crippen molar-refractivity contribution in [2.75, 3.05) is 0 Å². The molecule has 80 valence electrons. The summed E-state index contributed by atoms with van der Waals surface area (Å²) in [6, 6.07) is 0. The van der Waals surface area contributed by atoms with Crippen LogP contribution in [-0.2, 0) is 13.6 Å². The first-order valence-corrected chi connectivity index (χ1v) is 6.57. The van der Waals surface area contributed by atoms with Crippen molar-refractivity contribution in [1.29, 1.82) is 0 Å². The predicted octanol–water partition coefficient (Wildman–Crippen LogP) is 3.96. The fourth-order valence-electron chi connectivity index (χ4n) is 0.673. The van der Waals surface area contributed by atoms with E-state index in [1.54, 1.807) is 41.5 Å². The molecule has 0 aromatic heterocycles. The van der Waals surface area contributed by atoms with Crippen LogP contribution in [0.2, 0.25) is 0 Å². The molecule has 0 spiro atoms. The minimum absolute atomic E-state index is 0.567. The molecule has 0 aliphatic rings. The summed E-state index contributed by atoms with van der Waals surface area (Å²) < 4.78 is 21.8. The van der Waals surface area contributed by atoms with Gasteiger partial charge in [0, 0.05) is 11.2 Å². The van der Waals surface area contributed by atoms with Crippen molar-refractivity contribution in [3.63, 3.8) is 0 Å². The molecule has 0 saturated heterocycles. The molecule has 0 rings (SSSR count). The van der Waals surface area contributed by atoms with Gasteiger partial charge in [-0.25, -0.2) is 4.57 Å². The van der Waals surface area contributed by atoms with Crippen LogP contribution in [-0.4, -0.2) is 11.2 Å². The lowest BCUT2D eigenvalue weighted by molar-refractivity contribution is 0.0583. The van der Waals surface area contributed by atoms with Crippen molar-refractivity contribution in [1.82, 2.24) is 0 Å². The number of hydrogen-bond donors (Lipinski definition) is 0. The third-order valence-electron chi connectivity index (χ3n) is 0.766. The van der Waals surface area contributed by atoms with Gasteiger partial charge in [0.15, 0.2) is 0 Å². The fraction of sp³-hybridized carbons (Fsp3) is 1.00. The summed E-state index contributed by atoms with van der Waals surface area (Å²) in [6.45, 7) is 7.17. The summed E-state index contributed by atoms with van der Waals surface area (Å²) in [7, 11) is 0. The highest BCUT2D eigenvalue weighted by atomic mass is 35.7. The highest BCUT2D eigenvalue weighted by Crippen LogP contribution is 2.58. The SMILES string of the molecule is CC(C)(C)OP(=O)(Cl)OC(C)(C)C. The number of rotatable bonds is 2. The van der Waals surface area contributed by atoms with E-state index in [2.05, 4.69) is 0 Å². The Morgan fingerprint density at radius 3 is 1.31 bits per heavy atom. The average molecular weight is 229 g/mol. The molecule has 13 heavy (non-hydrogen) atoms. The van der Waals surface area contributed by atoms with E-state index >= 15 is 0 Å². The molecule has 3 nitrogen and oxygen atoms in total. The van der Waals surface area contributed by atoms with Gasteiger partial charge in [0.25, 0.3) is 0 Å². The predicted molar refractivity (Wildman–Crippen MR) is 55.1 cm³/mol. The topological polar surface area (TPSA) is 35.5 Å². The smallest absolute Gasteiger partial charge is 0.291 e. The molecule has 0 bridgehead atoms. The summed E-state index contributed by atoms with van der Waals surface area (Å²) in [5, 5.41) is 0. The fourth-order valence-corrected chi connectivity index (χ4v) is 3.26. The minimum atomic E-state index is -3.46. The molecule has 0 N–H and O–H groups in total. The molecule has 0 amide bonds. The van der Waals surface area contributed by atoms with Crippen molar-refractivity contribution < 1.29 is 13.6 Å². The van der Waals surface area contributed by atoms with Crippen molar-refractivity contribution in [2.45, 2.75) is 52.7 Å². The van der Waals surface area contributed by atoms with Crippen molar-refractivity contribution in [3.8, 4) is 0 Å². The van der Waals surface area contributed by atoms with Gasteiger partial charge in [0.1, 0.15) is 0 Å². The summed E-state index contributed by atoms with van der Waals surface area (Å²) >= 11 is 5.62. The summed E-state index contributed by atoms with van der Waals surface area (Å²) in [5.74, 6) is 0. The second-order valence-corrected chi connectivity index (χ2v) is 7.31. The maximum atomic E-state index is 11.6. The van der Waals surface area contributed by atoms with Gasteiger partial charge in [-0.2, -0.15) is 0 Å².